The standard InChI is InChI=1S/C31H38F2O/c1-3-5-7-8-9-14-22-34-29-23-28(31(33)30(32)27(29)17-11-6-4-2)26-20-18-25(19-21-26)24-15-12-10-13-16-24/h10,12-13,15-16,18-21,23H,3-9,11,14,17,22H2,1-2H3. The molecule has 0 unspecified atom stereocenters. The topological polar surface area (TPSA) is 9.23 Å². The van der Waals surface area contributed by atoms with Crippen LogP contribution in [0.3, 0.4) is 0 Å². The molecule has 34 heavy (non-hydrogen) atoms. The quantitative estimate of drug-likeness (QED) is 0.216. The van der Waals surface area contributed by atoms with Gasteiger partial charge >= 0.3 is 0 Å². The van der Waals surface area contributed by atoms with Crippen molar-refractivity contribution in [3.63, 3.8) is 0 Å². The Kier molecular flexibility index (Phi) is 10.6. The number of hydrogen-bond donors (Lipinski definition) is 0. The van der Waals surface area contributed by atoms with Crippen LogP contribution in [0.25, 0.3) is 22.3 Å². The zero-order chi connectivity index (χ0) is 24.2. The second-order valence-corrected chi connectivity index (χ2v) is 9.05. The summed E-state index contributed by atoms with van der Waals surface area (Å²) in [4.78, 5) is 0. The third-order valence-corrected chi connectivity index (χ3v) is 6.36. The van der Waals surface area contributed by atoms with Crippen molar-refractivity contribution in [2.75, 3.05) is 6.61 Å². The van der Waals surface area contributed by atoms with Crippen molar-refractivity contribution in [3.8, 4) is 28.0 Å². The van der Waals surface area contributed by atoms with Crippen LogP contribution in [0, 0.1) is 11.6 Å². The van der Waals surface area contributed by atoms with E-state index >= 15 is 8.78 Å². The highest BCUT2D eigenvalue weighted by molar-refractivity contribution is 5.72. The van der Waals surface area contributed by atoms with E-state index in [-0.39, 0.29) is 5.56 Å². The maximum atomic E-state index is 15.2. The number of hydrogen-bond acceptors (Lipinski definition) is 1. The van der Waals surface area contributed by atoms with Crippen molar-refractivity contribution >= 4 is 0 Å². The Hall–Kier alpha value is -2.68. The van der Waals surface area contributed by atoms with Gasteiger partial charge in [-0.05, 0) is 42.0 Å². The van der Waals surface area contributed by atoms with Crippen molar-refractivity contribution < 1.29 is 13.5 Å². The van der Waals surface area contributed by atoms with Crippen molar-refractivity contribution in [3.05, 3.63) is 77.9 Å². The summed E-state index contributed by atoms with van der Waals surface area (Å²) < 4.78 is 36.5. The second-order valence-electron chi connectivity index (χ2n) is 9.05. The SMILES string of the molecule is CCCCCCCCOc1cc(-c2ccc(-c3ccccc3)cc2)c(F)c(F)c1CCCCC. The average Bonchev–Trinajstić information content (AvgIpc) is 2.87. The van der Waals surface area contributed by atoms with E-state index in [1.54, 1.807) is 6.07 Å². The molecule has 0 radical (unpaired) electrons. The molecule has 0 saturated heterocycles. The largest absolute Gasteiger partial charge is 0.493 e. The molecule has 0 atom stereocenters. The molecule has 1 nitrogen and oxygen atoms in total. The van der Waals surface area contributed by atoms with Gasteiger partial charge in [-0.15, -0.1) is 0 Å². The predicted molar refractivity (Wildman–Crippen MR) is 139 cm³/mol. The van der Waals surface area contributed by atoms with Crippen LogP contribution in [0.4, 0.5) is 8.78 Å². The summed E-state index contributed by atoms with van der Waals surface area (Å²) in [6, 6.07) is 19.3. The van der Waals surface area contributed by atoms with Gasteiger partial charge in [0.05, 0.1) is 6.61 Å². The summed E-state index contributed by atoms with van der Waals surface area (Å²) in [5.74, 6) is -1.06. The molecule has 0 N–H and O–H groups in total. The van der Waals surface area contributed by atoms with Gasteiger partial charge < -0.3 is 4.74 Å². The minimum atomic E-state index is -0.786. The normalized spacial score (nSPS) is 11.1. The second kappa shape index (κ2) is 13.9. The van der Waals surface area contributed by atoms with E-state index in [9.17, 15) is 0 Å². The monoisotopic (exact) mass is 464 g/mol. The van der Waals surface area contributed by atoms with E-state index in [0.29, 0.717) is 29.9 Å². The van der Waals surface area contributed by atoms with Crippen molar-refractivity contribution in [2.24, 2.45) is 0 Å². The molecule has 0 aliphatic heterocycles. The fourth-order valence-electron chi connectivity index (χ4n) is 4.30. The molecule has 3 aromatic rings. The Morgan fingerprint density at radius 2 is 1.21 bits per heavy atom. The van der Waals surface area contributed by atoms with Gasteiger partial charge in [-0.3, -0.25) is 0 Å². The van der Waals surface area contributed by atoms with Crippen LogP contribution in [0.2, 0.25) is 0 Å². The molecular formula is C31H38F2O. The highest BCUT2D eigenvalue weighted by Gasteiger charge is 2.20. The zero-order valence-corrected chi connectivity index (χ0v) is 20.7. The maximum Gasteiger partial charge on any atom is 0.167 e. The number of benzene rings is 3. The van der Waals surface area contributed by atoms with Crippen molar-refractivity contribution in [1.82, 2.24) is 0 Å². The summed E-state index contributed by atoms with van der Waals surface area (Å²) in [5.41, 5.74) is 3.42. The minimum Gasteiger partial charge on any atom is -0.493 e. The molecule has 0 aromatic heterocycles. The first-order chi connectivity index (χ1) is 16.7. The van der Waals surface area contributed by atoms with Gasteiger partial charge in [-0.2, -0.15) is 0 Å². The molecule has 0 aliphatic carbocycles. The highest BCUT2D eigenvalue weighted by atomic mass is 19.2. The third-order valence-electron chi connectivity index (χ3n) is 6.36. The highest BCUT2D eigenvalue weighted by Crippen LogP contribution is 2.35. The van der Waals surface area contributed by atoms with Crippen molar-refractivity contribution in [2.45, 2.75) is 78.1 Å². The molecule has 0 spiro atoms. The first kappa shape index (κ1) is 25.9. The minimum absolute atomic E-state index is 0.259. The first-order valence-electron chi connectivity index (χ1n) is 12.9. The van der Waals surface area contributed by atoms with Gasteiger partial charge in [0.25, 0.3) is 0 Å². The smallest absolute Gasteiger partial charge is 0.167 e. The number of rotatable bonds is 14. The molecule has 0 saturated carbocycles. The average molecular weight is 465 g/mol. The number of halogens is 2. The Bertz CT molecular complexity index is 996. The van der Waals surface area contributed by atoms with E-state index in [1.807, 2.05) is 54.6 Å². The lowest BCUT2D eigenvalue weighted by Gasteiger charge is -2.16. The van der Waals surface area contributed by atoms with Crippen LogP contribution in [-0.2, 0) is 6.42 Å². The lowest BCUT2D eigenvalue weighted by molar-refractivity contribution is 0.297. The van der Waals surface area contributed by atoms with Crippen LogP contribution in [0.1, 0.15) is 77.2 Å². The summed E-state index contributed by atoms with van der Waals surface area (Å²) in [6.45, 7) is 4.85. The molecule has 0 amide bonds. The molecule has 0 bridgehead atoms. The van der Waals surface area contributed by atoms with Gasteiger partial charge in [0.2, 0.25) is 0 Å². The van der Waals surface area contributed by atoms with E-state index in [0.717, 1.165) is 43.2 Å². The summed E-state index contributed by atoms with van der Waals surface area (Å²) >= 11 is 0. The molecule has 182 valence electrons. The Morgan fingerprint density at radius 3 is 1.91 bits per heavy atom. The summed E-state index contributed by atoms with van der Waals surface area (Å²) in [5, 5.41) is 0. The fourth-order valence-corrected chi connectivity index (χ4v) is 4.30. The molecular weight excluding hydrogens is 426 g/mol. The Balaban J connectivity index is 1.81. The molecule has 0 fully saturated rings. The zero-order valence-electron chi connectivity index (χ0n) is 20.7. The lowest BCUT2D eigenvalue weighted by Crippen LogP contribution is -2.06. The van der Waals surface area contributed by atoms with Crippen LogP contribution in [0.15, 0.2) is 60.7 Å². The van der Waals surface area contributed by atoms with E-state index in [1.165, 1.54) is 25.7 Å². The van der Waals surface area contributed by atoms with Crippen LogP contribution < -0.4 is 4.74 Å². The number of unbranched alkanes of at least 4 members (excludes halogenated alkanes) is 7. The van der Waals surface area contributed by atoms with Gasteiger partial charge in [-0.1, -0.05) is 113 Å². The van der Waals surface area contributed by atoms with Gasteiger partial charge in [-0.25, -0.2) is 8.78 Å². The summed E-state index contributed by atoms with van der Waals surface area (Å²) in [7, 11) is 0. The molecule has 3 heteroatoms. The van der Waals surface area contributed by atoms with Gasteiger partial charge in [0.1, 0.15) is 5.75 Å². The Morgan fingerprint density at radius 1 is 0.618 bits per heavy atom. The molecule has 3 aromatic carbocycles. The molecule has 3 rings (SSSR count). The van der Waals surface area contributed by atoms with E-state index < -0.39 is 11.6 Å². The Labute approximate surface area is 204 Å². The lowest BCUT2D eigenvalue weighted by atomic mass is 9.96. The van der Waals surface area contributed by atoms with Crippen LogP contribution in [-0.4, -0.2) is 6.61 Å². The molecule has 0 aliphatic rings. The first-order valence-corrected chi connectivity index (χ1v) is 12.9. The van der Waals surface area contributed by atoms with E-state index in [4.69, 9.17) is 4.74 Å². The third kappa shape index (κ3) is 7.16. The summed E-state index contributed by atoms with van der Waals surface area (Å²) in [6.07, 6.45) is 10.3. The van der Waals surface area contributed by atoms with Crippen LogP contribution in [0.5, 0.6) is 5.75 Å². The van der Waals surface area contributed by atoms with Gasteiger partial charge in [0.15, 0.2) is 11.6 Å². The fraction of sp³-hybridized carbons (Fsp3) is 0.419. The van der Waals surface area contributed by atoms with Gasteiger partial charge in [0, 0.05) is 11.1 Å². The molecule has 0 heterocycles. The van der Waals surface area contributed by atoms with Crippen molar-refractivity contribution in [1.29, 1.82) is 0 Å². The number of ether oxygens (including phenoxy) is 1. The van der Waals surface area contributed by atoms with E-state index in [2.05, 4.69) is 13.8 Å². The predicted octanol–water partition coefficient (Wildman–Crippen LogP) is 9.77. The maximum absolute atomic E-state index is 15.2. The van der Waals surface area contributed by atoms with Crippen LogP contribution >= 0.6 is 0 Å².